The number of carbonyl (C=O) groups excluding carboxylic acids is 1. The van der Waals surface area contributed by atoms with Crippen molar-refractivity contribution in [3.05, 3.63) is 65.7 Å². The van der Waals surface area contributed by atoms with Crippen LogP contribution in [0.4, 0.5) is 0 Å². The summed E-state index contributed by atoms with van der Waals surface area (Å²) >= 11 is 0. The second-order valence-electron chi connectivity index (χ2n) is 13.0. The van der Waals surface area contributed by atoms with Crippen molar-refractivity contribution < 1.29 is 18.8 Å². The molecule has 0 amide bonds. The van der Waals surface area contributed by atoms with Crippen molar-refractivity contribution in [3.8, 4) is 0 Å². The van der Waals surface area contributed by atoms with Crippen molar-refractivity contribution >= 4 is 27.1 Å². The number of benzene rings is 2. The van der Waals surface area contributed by atoms with E-state index in [0.717, 1.165) is 32.0 Å². The normalized spacial score (nSPS) is 25.6. The van der Waals surface area contributed by atoms with Crippen LogP contribution in [-0.2, 0) is 20.5 Å². The Labute approximate surface area is 239 Å². The van der Waals surface area contributed by atoms with E-state index in [4.69, 9.17) is 14.0 Å². The average molecular weight is 549 g/mol. The molecule has 2 aromatic carbocycles. The van der Waals surface area contributed by atoms with Crippen LogP contribution in [0.15, 0.2) is 54.6 Å². The van der Waals surface area contributed by atoms with Crippen molar-refractivity contribution in [2.45, 2.75) is 110 Å². The molecule has 0 N–H and O–H groups in total. The van der Waals surface area contributed by atoms with E-state index < -0.39 is 8.80 Å². The van der Waals surface area contributed by atoms with Gasteiger partial charge in [-0.1, -0.05) is 93.4 Å². The number of aryl methyl sites for hydroxylation is 1. The van der Waals surface area contributed by atoms with E-state index in [1.54, 1.807) is 0 Å². The Kier molecular flexibility index (Phi) is 10.5. The maximum Gasteiger partial charge on any atom is 0.457 e. The lowest BCUT2D eigenvalue weighted by Gasteiger charge is -2.36. The SMILES string of the molecule is CC(C)[C@@H]1CC[C@@H](C)C[C@H]1OC(=O)c1ccc(CC[SiH](CCCB2OC(C)C(C)(C)O2)c2ccccc2)cc1. The van der Waals surface area contributed by atoms with Gasteiger partial charge in [0.1, 0.15) is 6.10 Å². The van der Waals surface area contributed by atoms with Crippen LogP contribution in [0.2, 0.25) is 18.4 Å². The highest BCUT2D eigenvalue weighted by atomic mass is 28.3. The van der Waals surface area contributed by atoms with E-state index in [2.05, 4.69) is 84.0 Å². The van der Waals surface area contributed by atoms with Crippen LogP contribution in [0.25, 0.3) is 0 Å². The zero-order valence-electron chi connectivity index (χ0n) is 25.0. The zero-order valence-corrected chi connectivity index (χ0v) is 26.2. The van der Waals surface area contributed by atoms with E-state index in [9.17, 15) is 4.79 Å². The summed E-state index contributed by atoms with van der Waals surface area (Å²) in [5.41, 5.74) is 1.76. The fourth-order valence-electron chi connectivity index (χ4n) is 6.32. The van der Waals surface area contributed by atoms with Gasteiger partial charge in [-0.2, -0.15) is 0 Å². The first-order valence-corrected chi connectivity index (χ1v) is 17.5. The van der Waals surface area contributed by atoms with E-state index >= 15 is 0 Å². The monoisotopic (exact) mass is 548 g/mol. The van der Waals surface area contributed by atoms with Gasteiger partial charge in [0.25, 0.3) is 0 Å². The minimum absolute atomic E-state index is 0.0351. The Bertz CT molecular complexity index is 1040. The van der Waals surface area contributed by atoms with Gasteiger partial charge < -0.3 is 14.0 Å². The van der Waals surface area contributed by atoms with Crippen molar-refractivity contribution in [2.75, 3.05) is 0 Å². The van der Waals surface area contributed by atoms with E-state index in [-0.39, 0.29) is 30.9 Å². The average Bonchev–Trinajstić information content (AvgIpc) is 3.17. The van der Waals surface area contributed by atoms with Gasteiger partial charge in [-0.15, -0.1) is 0 Å². The van der Waals surface area contributed by atoms with Gasteiger partial charge in [0.15, 0.2) is 0 Å². The van der Waals surface area contributed by atoms with Gasteiger partial charge in [0, 0.05) is 0 Å². The molecule has 1 aliphatic carbocycles. The van der Waals surface area contributed by atoms with Gasteiger partial charge >= 0.3 is 13.1 Å². The van der Waals surface area contributed by atoms with Gasteiger partial charge in [0.2, 0.25) is 0 Å². The number of rotatable bonds is 11. The van der Waals surface area contributed by atoms with Crippen LogP contribution in [0, 0.1) is 17.8 Å². The third-order valence-electron chi connectivity index (χ3n) is 9.22. The predicted molar refractivity (Wildman–Crippen MR) is 164 cm³/mol. The number of esters is 1. The van der Waals surface area contributed by atoms with E-state index in [1.165, 1.54) is 29.3 Å². The molecule has 39 heavy (non-hydrogen) atoms. The lowest BCUT2D eigenvalue weighted by molar-refractivity contribution is -0.0174. The quantitative estimate of drug-likeness (QED) is 0.223. The van der Waals surface area contributed by atoms with Crippen LogP contribution in [0.3, 0.4) is 0 Å². The second kappa shape index (κ2) is 13.6. The third-order valence-corrected chi connectivity index (χ3v) is 12.6. The smallest absolute Gasteiger partial charge is 0.457 e. The van der Waals surface area contributed by atoms with Crippen molar-refractivity contribution in [2.24, 2.45) is 17.8 Å². The fraction of sp³-hybridized carbons (Fsp3) is 0.606. The van der Waals surface area contributed by atoms with Crippen LogP contribution in [0.1, 0.15) is 83.1 Å². The lowest BCUT2D eigenvalue weighted by Crippen LogP contribution is -2.35. The molecule has 2 aliphatic rings. The van der Waals surface area contributed by atoms with Crippen molar-refractivity contribution in [1.29, 1.82) is 0 Å². The molecule has 0 aromatic heterocycles. The molecule has 1 saturated carbocycles. The predicted octanol–water partition coefficient (Wildman–Crippen LogP) is 7.07. The van der Waals surface area contributed by atoms with Crippen LogP contribution in [-0.4, -0.2) is 39.7 Å². The molecule has 1 heterocycles. The summed E-state index contributed by atoms with van der Waals surface area (Å²) in [5, 5.41) is 1.53. The fourth-order valence-corrected chi connectivity index (χ4v) is 9.45. The minimum atomic E-state index is -1.15. The van der Waals surface area contributed by atoms with Gasteiger partial charge in [-0.25, -0.2) is 4.79 Å². The first-order chi connectivity index (χ1) is 18.6. The molecule has 0 spiro atoms. The van der Waals surface area contributed by atoms with E-state index in [1.807, 2.05) is 12.1 Å². The Balaban J connectivity index is 1.31. The van der Waals surface area contributed by atoms with Crippen LogP contribution < -0.4 is 5.19 Å². The van der Waals surface area contributed by atoms with E-state index in [0.29, 0.717) is 23.3 Å². The molecule has 5 atom stereocenters. The summed E-state index contributed by atoms with van der Waals surface area (Å²) in [4.78, 5) is 13.0. The highest BCUT2D eigenvalue weighted by Gasteiger charge is 2.42. The largest absolute Gasteiger partial charge is 0.458 e. The number of carbonyl (C=O) groups is 1. The maximum absolute atomic E-state index is 13.0. The summed E-state index contributed by atoms with van der Waals surface area (Å²) in [6.07, 6.45) is 6.66. The highest BCUT2D eigenvalue weighted by molar-refractivity contribution is 6.73. The minimum Gasteiger partial charge on any atom is -0.458 e. The molecule has 6 heteroatoms. The Morgan fingerprint density at radius 2 is 1.77 bits per heavy atom. The molecular formula is C33H49BO4Si. The van der Waals surface area contributed by atoms with Crippen molar-refractivity contribution in [3.63, 3.8) is 0 Å². The topological polar surface area (TPSA) is 44.8 Å². The van der Waals surface area contributed by atoms with Gasteiger partial charge in [-0.3, -0.25) is 0 Å². The summed E-state index contributed by atoms with van der Waals surface area (Å²) in [7, 11) is -1.24. The summed E-state index contributed by atoms with van der Waals surface area (Å²) in [6.45, 7) is 13.1. The lowest BCUT2D eigenvalue weighted by atomic mass is 9.75. The van der Waals surface area contributed by atoms with Gasteiger partial charge in [0.05, 0.1) is 26.1 Å². The molecule has 0 radical (unpaired) electrons. The third kappa shape index (κ3) is 8.31. The number of hydrogen-bond donors (Lipinski definition) is 0. The second-order valence-corrected chi connectivity index (χ2v) is 16.2. The number of ether oxygens (including phenoxy) is 1. The molecule has 212 valence electrons. The molecule has 2 fully saturated rings. The summed E-state index contributed by atoms with van der Waals surface area (Å²) in [5.74, 6) is 1.45. The summed E-state index contributed by atoms with van der Waals surface area (Å²) < 4.78 is 18.3. The zero-order chi connectivity index (χ0) is 28.0. The molecule has 4 rings (SSSR count). The molecule has 0 bridgehead atoms. The molecular weight excluding hydrogens is 499 g/mol. The molecule has 2 aromatic rings. The molecule has 2 unspecified atom stereocenters. The van der Waals surface area contributed by atoms with Crippen molar-refractivity contribution in [1.82, 2.24) is 0 Å². The molecule has 4 nitrogen and oxygen atoms in total. The van der Waals surface area contributed by atoms with Crippen LogP contribution in [0.5, 0.6) is 0 Å². The first kappa shape index (κ1) is 30.1. The molecule has 1 saturated heterocycles. The molecule has 1 aliphatic heterocycles. The first-order valence-electron chi connectivity index (χ1n) is 15.3. The Morgan fingerprint density at radius 3 is 2.41 bits per heavy atom. The summed E-state index contributed by atoms with van der Waals surface area (Å²) in [6, 6.07) is 21.7. The maximum atomic E-state index is 13.0. The highest BCUT2D eigenvalue weighted by Crippen LogP contribution is 2.36. The standard InChI is InChI=1S/C33H49BO4Si/c1-24(2)30-18-13-25(3)23-31(30)36-32(35)28-16-14-27(15-17-28)19-22-39(29-11-8-7-9-12-29)21-10-20-34-37-26(4)33(5,6)38-34/h7-9,11-12,14-17,24-26,30-31,39H,10,13,18-23H2,1-6H3/t25-,26?,30+,31-,39?/m1/s1. The Hall–Kier alpha value is -1.89. The van der Waals surface area contributed by atoms with Crippen LogP contribution >= 0.6 is 0 Å². The Morgan fingerprint density at radius 1 is 1.05 bits per heavy atom. The number of hydrogen-bond acceptors (Lipinski definition) is 4. The van der Waals surface area contributed by atoms with Gasteiger partial charge in [-0.05, 0) is 81.8 Å².